The van der Waals surface area contributed by atoms with Gasteiger partial charge in [-0.05, 0) is 56.6 Å². The minimum absolute atomic E-state index is 0. The number of nitrogens with one attached hydrogen (secondary N) is 1. The molecule has 1 fully saturated rings. The van der Waals surface area contributed by atoms with Crippen LogP contribution in [0.3, 0.4) is 0 Å². The van der Waals surface area contributed by atoms with Crippen LogP contribution in [0.5, 0.6) is 0 Å². The molecule has 29 heavy (non-hydrogen) atoms. The number of nitrogens with zero attached hydrogens (tertiary/aromatic N) is 4. The molecular formula is C19H26N6OS3. The Morgan fingerprint density at radius 1 is 1.03 bits per heavy atom. The second kappa shape index (κ2) is 9.96. The van der Waals surface area contributed by atoms with Gasteiger partial charge >= 0.3 is 0 Å². The van der Waals surface area contributed by atoms with E-state index in [0.29, 0.717) is 5.95 Å². The number of aromatic nitrogens is 2. The molecule has 3 aromatic rings. The van der Waals surface area contributed by atoms with Gasteiger partial charge in [0.05, 0.1) is 11.0 Å². The Balaban J connectivity index is 0.00000240. The fraction of sp³-hybridized carbons (Fsp3) is 0.316. The number of aromatic amines is 1. The van der Waals surface area contributed by atoms with Gasteiger partial charge < -0.3 is 15.6 Å². The maximum atomic E-state index is 5.73. The van der Waals surface area contributed by atoms with Crippen molar-refractivity contribution >= 4 is 60.2 Å². The molecule has 1 aliphatic rings. The van der Waals surface area contributed by atoms with Gasteiger partial charge in [0.2, 0.25) is 0 Å². The van der Waals surface area contributed by atoms with Crippen LogP contribution < -0.4 is 10.6 Å². The van der Waals surface area contributed by atoms with Gasteiger partial charge in [-0.2, -0.15) is 18.6 Å². The highest BCUT2D eigenvalue weighted by Crippen LogP contribution is 2.31. The molecule has 1 saturated heterocycles. The minimum atomic E-state index is 0. The van der Waals surface area contributed by atoms with E-state index in [0.717, 1.165) is 42.1 Å². The van der Waals surface area contributed by atoms with Gasteiger partial charge in [-0.25, -0.2) is 13.6 Å². The number of hydroxylamine groups is 2. The predicted octanol–water partition coefficient (Wildman–Crippen LogP) is 3.59. The van der Waals surface area contributed by atoms with Crippen molar-refractivity contribution in [3.63, 3.8) is 0 Å². The largest absolute Gasteiger partial charge is 0.369 e. The molecule has 0 spiro atoms. The molecule has 0 aliphatic carbocycles. The monoisotopic (exact) mass is 450 g/mol. The van der Waals surface area contributed by atoms with Gasteiger partial charge in [-0.15, -0.1) is 0 Å². The summed E-state index contributed by atoms with van der Waals surface area (Å²) >= 11 is 3.09. The van der Waals surface area contributed by atoms with Crippen LogP contribution in [0, 0.1) is 0 Å². The topological polar surface area (TPSA) is 73.7 Å². The molecule has 0 radical (unpaired) electrons. The number of hydrogen-bond donors (Lipinski definition) is 2. The van der Waals surface area contributed by atoms with E-state index in [-0.39, 0.29) is 13.5 Å². The molecule has 10 heteroatoms. The molecule has 156 valence electrons. The predicted molar refractivity (Wildman–Crippen MR) is 128 cm³/mol. The average molecular weight is 451 g/mol. The first-order valence-electron chi connectivity index (χ1n) is 9.12. The molecule has 0 bridgehead atoms. The van der Waals surface area contributed by atoms with E-state index in [1.807, 2.05) is 29.5 Å². The Morgan fingerprint density at radius 3 is 2.41 bits per heavy atom. The highest BCUT2D eigenvalue weighted by molar-refractivity contribution is 7.99. The van der Waals surface area contributed by atoms with Crippen LogP contribution in [0.25, 0.3) is 11.0 Å². The number of piperazine rings is 1. The summed E-state index contributed by atoms with van der Waals surface area (Å²) in [5.41, 5.74) is 8.83. The summed E-state index contributed by atoms with van der Waals surface area (Å²) in [6.07, 6.45) is 0. The first-order valence-corrected chi connectivity index (χ1v) is 10.6. The molecule has 0 unspecified atom stereocenters. The summed E-state index contributed by atoms with van der Waals surface area (Å²) in [6, 6.07) is 14.9. The molecule has 1 aromatic heterocycles. The van der Waals surface area contributed by atoms with Crippen molar-refractivity contribution in [2.75, 3.05) is 50.9 Å². The minimum Gasteiger partial charge on any atom is -0.369 e. The zero-order chi connectivity index (χ0) is 19.5. The summed E-state index contributed by atoms with van der Waals surface area (Å²) < 4.78 is 7.62. The van der Waals surface area contributed by atoms with Crippen LogP contribution in [0.15, 0.2) is 52.3 Å². The van der Waals surface area contributed by atoms with E-state index in [1.54, 1.807) is 11.8 Å². The quantitative estimate of drug-likeness (QED) is 0.436. The van der Waals surface area contributed by atoms with E-state index in [1.165, 1.54) is 22.8 Å². The van der Waals surface area contributed by atoms with Crippen LogP contribution in [-0.4, -0.2) is 59.6 Å². The molecule has 2 heterocycles. The fourth-order valence-corrected chi connectivity index (χ4v) is 4.29. The zero-order valence-electron chi connectivity index (χ0n) is 16.5. The highest BCUT2D eigenvalue weighted by atomic mass is 32.2. The highest BCUT2D eigenvalue weighted by Gasteiger charge is 2.18. The van der Waals surface area contributed by atoms with E-state index < -0.39 is 0 Å². The van der Waals surface area contributed by atoms with E-state index in [2.05, 4.69) is 51.3 Å². The Morgan fingerprint density at radius 2 is 1.72 bits per heavy atom. The van der Waals surface area contributed by atoms with Gasteiger partial charge in [-0.3, -0.25) is 0 Å². The third-order valence-electron chi connectivity index (χ3n) is 4.44. The maximum Gasteiger partial charge on any atom is 0.198 e. The Bertz CT molecular complexity index is 925. The van der Waals surface area contributed by atoms with Crippen molar-refractivity contribution in [2.45, 2.75) is 9.79 Å². The first-order chi connectivity index (χ1) is 13.6. The van der Waals surface area contributed by atoms with E-state index >= 15 is 0 Å². The standard InChI is InChI=1S/C19H24N6OS2.H2S/c1-23(2)28-26-25-11-9-24(10-12-25)14-3-5-15(6-4-14)27-16-7-8-17-18(13-16)22-19(20)21-17;/h3-8,13H,9-12H2,1-2H3,(H3,20,21,22);1H2. The number of anilines is 2. The number of fused-ring (bicyclic) bond motifs is 1. The third-order valence-corrected chi connectivity index (χ3v) is 6.01. The molecule has 7 nitrogen and oxygen atoms in total. The second-order valence-electron chi connectivity index (χ2n) is 6.77. The Labute approximate surface area is 186 Å². The molecule has 2 aromatic carbocycles. The lowest BCUT2D eigenvalue weighted by molar-refractivity contribution is -0.0447. The number of nitrogens with two attached hydrogens (primary N) is 1. The summed E-state index contributed by atoms with van der Waals surface area (Å²) in [5, 5.41) is 2.02. The molecule has 0 atom stereocenters. The fourth-order valence-electron chi connectivity index (χ4n) is 3.06. The summed E-state index contributed by atoms with van der Waals surface area (Å²) in [6.45, 7) is 3.70. The Hall–Kier alpha value is -1.56. The number of nitrogen functional groups attached to an aromatic ring is 1. The van der Waals surface area contributed by atoms with Crippen molar-refractivity contribution in [1.29, 1.82) is 0 Å². The number of hydrogen-bond acceptors (Lipinski definition) is 8. The van der Waals surface area contributed by atoms with Crippen LogP contribution in [0.4, 0.5) is 11.6 Å². The summed E-state index contributed by atoms with van der Waals surface area (Å²) in [5.74, 6) is 0.451. The van der Waals surface area contributed by atoms with Gasteiger partial charge in [0, 0.05) is 41.7 Å². The SMILES string of the molecule is CN(C)SON1CCN(c2ccc(Sc3ccc4[nH]c(N)nc4c3)cc2)CC1.S. The lowest BCUT2D eigenvalue weighted by Gasteiger charge is -2.35. The molecule has 0 saturated carbocycles. The third kappa shape index (κ3) is 5.74. The molecule has 1 aliphatic heterocycles. The summed E-state index contributed by atoms with van der Waals surface area (Å²) in [7, 11) is 3.95. The lowest BCUT2D eigenvalue weighted by atomic mass is 10.2. The molecule has 0 amide bonds. The van der Waals surface area contributed by atoms with E-state index in [9.17, 15) is 0 Å². The number of benzene rings is 2. The lowest BCUT2D eigenvalue weighted by Crippen LogP contribution is -2.45. The van der Waals surface area contributed by atoms with Gasteiger partial charge in [0.25, 0.3) is 0 Å². The summed E-state index contributed by atoms with van der Waals surface area (Å²) in [4.78, 5) is 12.1. The molecule has 3 N–H and O–H groups in total. The van der Waals surface area contributed by atoms with Crippen LogP contribution in [0.1, 0.15) is 0 Å². The Kier molecular flexibility index (Phi) is 7.60. The normalized spacial score (nSPS) is 15.1. The number of imidazole rings is 1. The van der Waals surface area contributed by atoms with Crippen molar-refractivity contribution in [1.82, 2.24) is 19.3 Å². The van der Waals surface area contributed by atoms with Crippen LogP contribution in [-0.2, 0) is 4.28 Å². The van der Waals surface area contributed by atoms with Crippen molar-refractivity contribution in [2.24, 2.45) is 0 Å². The first kappa shape index (κ1) is 22.1. The van der Waals surface area contributed by atoms with Crippen LogP contribution in [0.2, 0.25) is 0 Å². The van der Waals surface area contributed by atoms with Crippen LogP contribution >= 0.6 is 37.5 Å². The molecule has 4 rings (SSSR count). The van der Waals surface area contributed by atoms with Gasteiger partial charge in [-0.1, -0.05) is 11.8 Å². The van der Waals surface area contributed by atoms with Crippen molar-refractivity contribution in [3.8, 4) is 0 Å². The molecular weight excluding hydrogens is 424 g/mol. The van der Waals surface area contributed by atoms with Crippen molar-refractivity contribution < 1.29 is 4.28 Å². The van der Waals surface area contributed by atoms with Crippen molar-refractivity contribution in [3.05, 3.63) is 42.5 Å². The smallest absolute Gasteiger partial charge is 0.198 e. The van der Waals surface area contributed by atoms with Gasteiger partial charge in [0.15, 0.2) is 5.95 Å². The second-order valence-corrected chi connectivity index (χ2v) is 8.95. The zero-order valence-corrected chi connectivity index (χ0v) is 19.1. The maximum absolute atomic E-state index is 5.73. The number of H-pyrrole nitrogens is 1. The van der Waals surface area contributed by atoms with Gasteiger partial charge in [0.1, 0.15) is 12.2 Å². The average Bonchev–Trinajstić information content (AvgIpc) is 3.07. The number of rotatable bonds is 6. The van der Waals surface area contributed by atoms with E-state index in [4.69, 9.17) is 10.0 Å².